The van der Waals surface area contributed by atoms with Crippen molar-refractivity contribution in [2.75, 3.05) is 16.8 Å². The fourth-order valence-electron chi connectivity index (χ4n) is 2.18. The predicted octanol–water partition coefficient (Wildman–Crippen LogP) is 2.05. The second-order valence-corrected chi connectivity index (χ2v) is 4.34. The molecule has 1 aromatic heterocycles. The first-order chi connectivity index (χ1) is 9.26. The van der Waals surface area contributed by atoms with Crippen LogP contribution in [0.5, 0.6) is 0 Å². The number of para-hydroxylation sites is 2. The fourth-order valence-corrected chi connectivity index (χ4v) is 2.18. The van der Waals surface area contributed by atoms with Gasteiger partial charge in [0.25, 0.3) is 0 Å². The van der Waals surface area contributed by atoms with Crippen LogP contribution >= 0.6 is 0 Å². The van der Waals surface area contributed by atoms with E-state index >= 15 is 0 Å². The summed E-state index contributed by atoms with van der Waals surface area (Å²) in [4.78, 5) is 24.2. The zero-order valence-electron chi connectivity index (χ0n) is 10.1. The van der Waals surface area contributed by atoms with Crippen molar-refractivity contribution in [2.24, 2.45) is 0 Å². The van der Waals surface area contributed by atoms with E-state index in [1.54, 1.807) is 12.1 Å². The van der Waals surface area contributed by atoms with Crippen molar-refractivity contribution >= 4 is 23.6 Å². The lowest BCUT2D eigenvalue weighted by Crippen LogP contribution is -2.37. The number of rotatable bonds is 3. The maximum Gasteiger partial charge on any atom is 0.243 e. The molecular formula is C14H12N2O3. The van der Waals surface area contributed by atoms with Crippen LogP contribution in [-0.4, -0.2) is 18.7 Å². The van der Waals surface area contributed by atoms with Gasteiger partial charge < -0.3 is 14.6 Å². The first-order valence-electron chi connectivity index (χ1n) is 5.94. The zero-order chi connectivity index (χ0) is 13.2. The average Bonchev–Trinajstić information content (AvgIpc) is 2.86. The summed E-state index contributed by atoms with van der Waals surface area (Å²) >= 11 is 0. The monoisotopic (exact) mass is 256 g/mol. The van der Waals surface area contributed by atoms with Crippen LogP contribution in [-0.2, 0) is 11.3 Å². The highest BCUT2D eigenvalue weighted by Gasteiger charge is 2.22. The highest BCUT2D eigenvalue weighted by molar-refractivity contribution is 6.01. The molecule has 0 aliphatic carbocycles. The van der Waals surface area contributed by atoms with E-state index in [-0.39, 0.29) is 12.5 Å². The van der Waals surface area contributed by atoms with Crippen LogP contribution in [0.25, 0.3) is 0 Å². The molecule has 0 unspecified atom stereocenters. The Labute approximate surface area is 109 Å². The molecule has 0 spiro atoms. The number of fused-ring (bicyclic) bond motifs is 1. The molecule has 1 amide bonds. The molecule has 0 bridgehead atoms. The number of anilines is 2. The summed E-state index contributed by atoms with van der Waals surface area (Å²) in [7, 11) is 0. The number of carbonyl (C=O) groups excluding carboxylic acids is 2. The van der Waals surface area contributed by atoms with Gasteiger partial charge in [-0.1, -0.05) is 12.1 Å². The Morgan fingerprint density at radius 1 is 1.26 bits per heavy atom. The summed E-state index contributed by atoms with van der Waals surface area (Å²) in [6.45, 7) is 0.729. The molecule has 0 saturated carbocycles. The molecule has 2 aromatic rings. The quantitative estimate of drug-likeness (QED) is 0.854. The van der Waals surface area contributed by atoms with E-state index in [0.29, 0.717) is 24.4 Å². The average molecular weight is 256 g/mol. The summed E-state index contributed by atoms with van der Waals surface area (Å²) in [5, 5.41) is 2.82. The minimum Gasteiger partial charge on any atom is -0.456 e. The number of aldehydes is 1. The van der Waals surface area contributed by atoms with Crippen LogP contribution in [0.15, 0.2) is 40.8 Å². The molecule has 19 heavy (non-hydrogen) atoms. The third-order valence-electron chi connectivity index (χ3n) is 3.00. The molecule has 0 fully saturated rings. The normalized spacial score (nSPS) is 13.9. The summed E-state index contributed by atoms with van der Waals surface area (Å²) < 4.78 is 5.34. The summed E-state index contributed by atoms with van der Waals surface area (Å²) in [6, 6.07) is 11.0. The van der Waals surface area contributed by atoms with Crippen LogP contribution in [0.1, 0.15) is 16.3 Å². The van der Waals surface area contributed by atoms with Gasteiger partial charge in [-0.2, -0.15) is 0 Å². The van der Waals surface area contributed by atoms with Gasteiger partial charge in [-0.25, -0.2) is 0 Å². The lowest BCUT2D eigenvalue weighted by molar-refractivity contribution is -0.115. The number of hydrogen-bond acceptors (Lipinski definition) is 4. The zero-order valence-corrected chi connectivity index (χ0v) is 10.1. The fraction of sp³-hybridized carbons (Fsp3) is 0.143. The van der Waals surface area contributed by atoms with Gasteiger partial charge in [-0.05, 0) is 24.3 Å². The molecule has 2 heterocycles. The Morgan fingerprint density at radius 2 is 2.11 bits per heavy atom. The maximum atomic E-state index is 11.6. The van der Waals surface area contributed by atoms with Crippen LogP contribution in [0, 0.1) is 0 Å². The number of nitrogens with zero attached hydrogens (tertiary/aromatic N) is 1. The lowest BCUT2D eigenvalue weighted by Gasteiger charge is -2.30. The van der Waals surface area contributed by atoms with E-state index in [2.05, 4.69) is 5.32 Å². The third kappa shape index (κ3) is 2.22. The van der Waals surface area contributed by atoms with E-state index in [9.17, 15) is 9.59 Å². The van der Waals surface area contributed by atoms with E-state index < -0.39 is 0 Å². The molecule has 0 atom stereocenters. The van der Waals surface area contributed by atoms with E-state index in [1.807, 2.05) is 29.2 Å². The van der Waals surface area contributed by atoms with E-state index in [4.69, 9.17) is 4.42 Å². The predicted molar refractivity (Wildman–Crippen MR) is 70.2 cm³/mol. The Morgan fingerprint density at radius 3 is 2.89 bits per heavy atom. The van der Waals surface area contributed by atoms with Crippen molar-refractivity contribution < 1.29 is 14.0 Å². The van der Waals surface area contributed by atoms with Gasteiger partial charge in [0.15, 0.2) is 12.0 Å². The first-order valence-corrected chi connectivity index (χ1v) is 5.94. The van der Waals surface area contributed by atoms with Crippen molar-refractivity contribution in [1.82, 2.24) is 0 Å². The molecule has 5 heteroatoms. The van der Waals surface area contributed by atoms with Crippen LogP contribution in [0.3, 0.4) is 0 Å². The van der Waals surface area contributed by atoms with E-state index in [0.717, 1.165) is 11.4 Å². The molecule has 0 radical (unpaired) electrons. The molecule has 1 aromatic carbocycles. The van der Waals surface area contributed by atoms with Crippen molar-refractivity contribution in [3.05, 3.63) is 47.9 Å². The van der Waals surface area contributed by atoms with Gasteiger partial charge in [0.2, 0.25) is 5.91 Å². The lowest BCUT2D eigenvalue weighted by atomic mass is 10.2. The minimum atomic E-state index is -0.0548. The molecule has 1 N–H and O–H groups in total. The molecular weight excluding hydrogens is 244 g/mol. The molecule has 0 saturated heterocycles. The Kier molecular flexibility index (Phi) is 2.79. The minimum absolute atomic E-state index is 0.0548. The Hall–Kier alpha value is -2.56. The van der Waals surface area contributed by atoms with Gasteiger partial charge in [-0.3, -0.25) is 9.59 Å². The largest absolute Gasteiger partial charge is 0.456 e. The Balaban J connectivity index is 1.88. The number of amides is 1. The molecule has 1 aliphatic rings. The summed E-state index contributed by atoms with van der Waals surface area (Å²) in [5.74, 6) is 0.900. The smallest absolute Gasteiger partial charge is 0.243 e. The molecule has 1 aliphatic heterocycles. The summed E-state index contributed by atoms with van der Waals surface area (Å²) in [5.41, 5.74) is 1.74. The van der Waals surface area contributed by atoms with Gasteiger partial charge in [-0.15, -0.1) is 0 Å². The Bertz CT molecular complexity index is 633. The third-order valence-corrected chi connectivity index (χ3v) is 3.00. The first kappa shape index (κ1) is 11.5. The SMILES string of the molecule is O=Cc1ccc(CN2CC(=O)Nc3ccccc32)o1. The number of furan rings is 1. The topological polar surface area (TPSA) is 62.6 Å². The standard InChI is InChI=1S/C14H12N2O3/c17-9-11-6-5-10(19-11)7-16-8-14(18)15-12-3-1-2-4-13(12)16/h1-6,9H,7-8H2,(H,15,18). The summed E-state index contributed by atoms with van der Waals surface area (Å²) in [6.07, 6.45) is 0.667. The van der Waals surface area contributed by atoms with Gasteiger partial charge in [0, 0.05) is 0 Å². The number of hydrogen-bond donors (Lipinski definition) is 1. The number of nitrogens with one attached hydrogen (secondary N) is 1. The van der Waals surface area contributed by atoms with Crippen molar-refractivity contribution in [2.45, 2.75) is 6.54 Å². The van der Waals surface area contributed by atoms with Crippen LogP contribution < -0.4 is 10.2 Å². The van der Waals surface area contributed by atoms with Crippen molar-refractivity contribution in [3.63, 3.8) is 0 Å². The second-order valence-electron chi connectivity index (χ2n) is 4.34. The molecule has 96 valence electrons. The second kappa shape index (κ2) is 4.61. The number of carbonyl (C=O) groups is 2. The van der Waals surface area contributed by atoms with E-state index in [1.165, 1.54) is 0 Å². The highest BCUT2D eigenvalue weighted by atomic mass is 16.3. The van der Waals surface area contributed by atoms with Crippen molar-refractivity contribution in [3.8, 4) is 0 Å². The van der Waals surface area contributed by atoms with Gasteiger partial charge >= 0.3 is 0 Å². The van der Waals surface area contributed by atoms with Crippen LogP contribution in [0.2, 0.25) is 0 Å². The highest BCUT2D eigenvalue weighted by Crippen LogP contribution is 2.30. The van der Waals surface area contributed by atoms with Gasteiger partial charge in [0.05, 0.1) is 24.5 Å². The number of benzene rings is 1. The van der Waals surface area contributed by atoms with Crippen LogP contribution in [0.4, 0.5) is 11.4 Å². The van der Waals surface area contributed by atoms with Gasteiger partial charge in [0.1, 0.15) is 5.76 Å². The maximum absolute atomic E-state index is 11.6. The molecule has 5 nitrogen and oxygen atoms in total. The molecule has 3 rings (SSSR count). The van der Waals surface area contributed by atoms with Crippen molar-refractivity contribution in [1.29, 1.82) is 0 Å².